The molecule has 1 fully saturated rings. The molecule has 0 radical (unpaired) electrons. The van der Waals surface area contributed by atoms with Crippen molar-refractivity contribution in [3.63, 3.8) is 0 Å². The first kappa shape index (κ1) is 12.9. The summed E-state index contributed by atoms with van der Waals surface area (Å²) in [5, 5.41) is 9.63. The van der Waals surface area contributed by atoms with Crippen molar-refractivity contribution in [1.82, 2.24) is 20.0 Å². The average molecular weight is 275 g/mol. The normalized spacial score (nSPS) is 21.6. The van der Waals surface area contributed by atoms with Crippen LogP contribution in [0.5, 0.6) is 0 Å². The number of carbonyl (C=O) groups excluding carboxylic acids is 1. The van der Waals surface area contributed by atoms with Crippen LogP contribution in [0.25, 0.3) is 11.0 Å². The molecule has 2 aromatic rings. The molecular weight excluding hydrogens is 258 g/mol. The number of fused-ring (bicyclic) bond motifs is 1. The van der Waals surface area contributed by atoms with Crippen LogP contribution in [0.3, 0.4) is 0 Å². The fourth-order valence-corrected chi connectivity index (χ4v) is 2.73. The van der Waals surface area contributed by atoms with E-state index >= 15 is 0 Å². The lowest BCUT2D eigenvalue weighted by atomic mass is 9.79. The molecule has 7 nitrogen and oxygen atoms in total. The van der Waals surface area contributed by atoms with Crippen molar-refractivity contribution in [2.45, 2.75) is 18.9 Å². The molecule has 106 valence electrons. The van der Waals surface area contributed by atoms with Crippen molar-refractivity contribution in [1.29, 1.82) is 0 Å². The lowest BCUT2D eigenvalue weighted by Crippen LogP contribution is -2.48. The van der Waals surface area contributed by atoms with E-state index in [4.69, 9.17) is 5.21 Å². The third-order valence-electron chi connectivity index (χ3n) is 4.12. The summed E-state index contributed by atoms with van der Waals surface area (Å²) in [5.74, 6) is 0.464. The van der Waals surface area contributed by atoms with Gasteiger partial charge in [0, 0.05) is 32.3 Å². The van der Waals surface area contributed by atoms with Crippen LogP contribution in [0.2, 0.25) is 0 Å². The van der Waals surface area contributed by atoms with E-state index in [0.29, 0.717) is 0 Å². The summed E-state index contributed by atoms with van der Waals surface area (Å²) in [7, 11) is 3.93. The topological polar surface area (TPSA) is 83.3 Å². The van der Waals surface area contributed by atoms with Gasteiger partial charge in [0.1, 0.15) is 17.8 Å². The van der Waals surface area contributed by atoms with Gasteiger partial charge < -0.3 is 9.47 Å². The number of nitrogens with one attached hydrogen (secondary N) is 1. The maximum atomic E-state index is 11.3. The van der Waals surface area contributed by atoms with Crippen molar-refractivity contribution in [3.05, 3.63) is 18.6 Å². The van der Waals surface area contributed by atoms with E-state index < -0.39 is 0 Å². The van der Waals surface area contributed by atoms with Crippen LogP contribution in [0.1, 0.15) is 12.8 Å². The van der Waals surface area contributed by atoms with Crippen LogP contribution in [0.15, 0.2) is 18.6 Å². The summed E-state index contributed by atoms with van der Waals surface area (Å²) in [6.07, 6.45) is 4.96. The van der Waals surface area contributed by atoms with E-state index in [-0.39, 0.29) is 17.9 Å². The number of carbonyl (C=O) groups is 1. The van der Waals surface area contributed by atoms with Crippen LogP contribution >= 0.6 is 0 Å². The highest BCUT2D eigenvalue weighted by Gasteiger charge is 2.37. The fourth-order valence-electron chi connectivity index (χ4n) is 2.73. The van der Waals surface area contributed by atoms with E-state index in [2.05, 4.69) is 14.9 Å². The number of nitrogens with zero attached hydrogens (tertiary/aromatic N) is 4. The Labute approximate surface area is 116 Å². The second-order valence-electron chi connectivity index (χ2n) is 5.27. The zero-order valence-corrected chi connectivity index (χ0v) is 11.4. The highest BCUT2D eigenvalue weighted by Crippen LogP contribution is 2.35. The average Bonchev–Trinajstić information content (AvgIpc) is 2.78. The van der Waals surface area contributed by atoms with Gasteiger partial charge in [-0.2, -0.15) is 0 Å². The van der Waals surface area contributed by atoms with Gasteiger partial charge in [0.15, 0.2) is 0 Å². The number of rotatable bonds is 3. The standard InChI is InChI=1S/C13H17N5O2/c1-17-4-3-10-11(17)14-7-15-12(10)18(2)9-5-8(6-9)13(19)16-20/h3-4,7-9,20H,5-6H2,1-2H3,(H,16,19). The van der Waals surface area contributed by atoms with E-state index in [1.54, 1.807) is 11.8 Å². The van der Waals surface area contributed by atoms with Crippen LogP contribution in [-0.4, -0.2) is 38.7 Å². The molecule has 1 saturated carbocycles. The number of amides is 1. The molecule has 2 aromatic heterocycles. The zero-order chi connectivity index (χ0) is 14.3. The third-order valence-corrected chi connectivity index (χ3v) is 4.12. The monoisotopic (exact) mass is 275 g/mol. The quantitative estimate of drug-likeness (QED) is 0.636. The first-order chi connectivity index (χ1) is 9.61. The Bertz CT molecular complexity index is 647. The van der Waals surface area contributed by atoms with Gasteiger partial charge in [0.2, 0.25) is 5.91 Å². The zero-order valence-electron chi connectivity index (χ0n) is 11.4. The summed E-state index contributed by atoms with van der Waals surface area (Å²) in [6, 6.07) is 2.26. The largest absolute Gasteiger partial charge is 0.356 e. The Balaban J connectivity index is 1.81. The summed E-state index contributed by atoms with van der Waals surface area (Å²) in [4.78, 5) is 22.0. The van der Waals surface area contributed by atoms with Crippen molar-refractivity contribution in [2.75, 3.05) is 11.9 Å². The molecule has 0 aliphatic heterocycles. The lowest BCUT2D eigenvalue weighted by Gasteiger charge is -2.40. The maximum Gasteiger partial charge on any atom is 0.246 e. The number of hydroxylamine groups is 1. The molecule has 1 aliphatic carbocycles. The number of hydrogen-bond donors (Lipinski definition) is 2. The van der Waals surface area contributed by atoms with E-state index in [9.17, 15) is 4.79 Å². The summed E-state index contributed by atoms with van der Waals surface area (Å²) in [6.45, 7) is 0. The van der Waals surface area contributed by atoms with Gasteiger partial charge in [-0.3, -0.25) is 10.0 Å². The smallest absolute Gasteiger partial charge is 0.246 e. The highest BCUT2D eigenvalue weighted by molar-refractivity contribution is 5.88. The van der Waals surface area contributed by atoms with Gasteiger partial charge in [0.05, 0.1) is 5.39 Å². The first-order valence-corrected chi connectivity index (χ1v) is 6.54. The van der Waals surface area contributed by atoms with E-state index in [1.165, 1.54) is 0 Å². The van der Waals surface area contributed by atoms with E-state index in [1.807, 2.05) is 30.9 Å². The first-order valence-electron chi connectivity index (χ1n) is 6.54. The number of aryl methyl sites for hydroxylation is 1. The van der Waals surface area contributed by atoms with Gasteiger partial charge >= 0.3 is 0 Å². The lowest BCUT2D eigenvalue weighted by molar-refractivity contribution is -0.136. The van der Waals surface area contributed by atoms with Gasteiger partial charge in [-0.25, -0.2) is 15.4 Å². The molecule has 7 heteroatoms. The molecule has 1 aliphatic rings. The molecule has 2 N–H and O–H groups in total. The second-order valence-corrected chi connectivity index (χ2v) is 5.27. The van der Waals surface area contributed by atoms with Crippen molar-refractivity contribution in [2.24, 2.45) is 13.0 Å². The van der Waals surface area contributed by atoms with Crippen LogP contribution in [0, 0.1) is 5.92 Å². The Kier molecular flexibility index (Phi) is 3.06. The summed E-state index contributed by atoms with van der Waals surface area (Å²) >= 11 is 0. The van der Waals surface area contributed by atoms with Crippen LogP contribution in [-0.2, 0) is 11.8 Å². The molecule has 0 saturated heterocycles. The number of anilines is 1. The minimum Gasteiger partial charge on any atom is -0.356 e. The fraction of sp³-hybridized carbons (Fsp3) is 0.462. The second kappa shape index (κ2) is 4.75. The predicted octanol–water partition coefficient (Wildman–Crippen LogP) is 0.688. The minimum absolute atomic E-state index is 0.111. The highest BCUT2D eigenvalue weighted by atomic mass is 16.5. The van der Waals surface area contributed by atoms with Crippen molar-refractivity contribution >= 4 is 22.8 Å². The molecule has 0 aromatic carbocycles. The van der Waals surface area contributed by atoms with Crippen molar-refractivity contribution < 1.29 is 10.0 Å². The summed E-state index contributed by atoms with van der Waals surface area (Å²) in [5.41, 5.74) is 2.61. The molecule has 0 atom stereocenters. The molecular formula is C13H17N5O2. The Morgan fingerprint density at radius 2 is 2.25 bits per heavy atom. The van der Waals surface area contributed by atoms with Gasteiger partial charge in [-0.05, 0) is 18.9 Å². The van der Waals surface area contributed by atoms with E-state index in [0.717, 1.165) is 29.7 Å². The maximum absolute atomic E-state index is 11.3. The molecule has 2 heterocycles. The van der Waals surface area contributed by atoms with Gasteiger partial charge in [-0.1, -0.05) is 0 Å². The van der Waals surface area contributed by atoms with Crippen LogP contribution in [0.4, 0.5) is 5.82 Å². The third kappa shape index (κ3) is 1.90. The molecule has 0 bridgehead atoms. The Morgan fingerprint density at radius 3 is 2.95 bits per heavy atom. The Hall–Kier alpha value is -2.15. The molecule has 3 rings (SSSR count). The summed E-state index contributed by atoms with van der Waals surface area (Å²) < 4.78 is 1.96. The molecule has 1 amide bonds. The van der Waals surface area contributed by atoms with Gasteiger partial charge in [-0.15, -0.1) is 0 Å². The molecule has 0 spiro atoms. The minimum atomic E-state index is -0.304. The number of hydrogen-bond acceptors (Lipinski definition) is 5. The predicted molar refractivity (Wildman–Crippen MR) is 73.4 cm³/mol. The van der Waals surface area contributed by atoms with Crippen LogP contribution < -0.4 is 10.4 Å². The van der Waals surface area contributed by atoms with Gasteiger partial charge in [0.25, 0.3) is 0 Å². The molecule has 20 heavy (non-hydrogen) atoms. The van der Waals surface area contributed by atoms with Crippen molar-refractivity contribution in [3.8, 4) is 0 Å². The Morgan fingerprint density at radius 1 is 1.50 bits per heavy atom. The molecule has 0 unspecified atom stereocenters. The SMILES string of the molecule is CN(c1ncnc2c1ccn2C)C1CC(C(=O)NO)C1. The number of aromatic nitrogens is 3.